The number of pyridine rings is 2. The van der Waals surface area contributed by atoms with Crippen LogP contribution in [0.2, 0.25) is 0 Å². The lowest BCUT2D eigenvalue weighted by molar-refractivity contribution is 0.0519. The van der Waals surface area contributed by atoms with E-state index >= 15 is 0 Å². The molecule has 0 unspecified atom stereocenters. The summed E-state index contributed by atoms with van der Waals surface area (Å²) in [5, 5.41) is 0. The molecule has 0 saturated carbocycles. The van der Waals surface area contributed by atoms with E-state index in [0.717, 1.165) is 12.3 Å². The third-order valence-electron chi connectivity index (χ3n) is 2.62. The number of carbonyl (C=O) groups excluding carboxylic acids is 1. The topological polar surface area (TPSA) is 52.1 Å². The SMILES string of the molecule is CCOC(=O)c1cc(-c2cncc(F)c2)c(F)c(C)n1. The van der Waals surface area contributed by atoms with Gasteiger partial charge in [-0.25, -0.2) is 18.6 Å². The molecular formula is C14H12F2N2O2. The molecule has 0 fully saturated rings. The quantitative estimate of drug-likeness (QED) is 0.810. The fraction of sp³-hybridized carbons (Fsp3) is 0.214. The molecule has 6 heteroatoms. The molecule has 0 aliphatic heterocycles. The lowest BCUT2D eigenvalue weighted by Gasteiger charge is -2.08. The fourth-order valence-corrected chi connectivity index (χ4v) is 1.74. The van der Waals surface area contributed by atoms with Gasteiger partial charge in [-0.2, -0.15) is 0 Å². The first-order valence-corrected chi connectivity index (χ1v) is 5.98. The Labute approximate surface area is 114 Å². The average Bonchev–Trinajstić information content (AvgIpc) is 2.42. The minimum Gasteiger partial charge on any atom is -0.461 e. The largest absolute Gasteiger partial charge is 0.461 e. The maximum Gasteiger partial charge on any atom is 0.356 e. The monoisotopic (exact) mass is 278 g/mol. The van der Waals surface area contributed by atoms with E-state index in [1.807, 2.05) is 0 Å². The van der Waals surface area contributed by atoms with Gasteiger partial charge in [0.25, 0.3) is 0 Å². The van der Waals surface area contributed by atoms with Gasteiger partial charge in [0.15, 0.2) is 5.82 Å². The Kier molecular flexibility index (Phi) is 4.02. The minimum atomic E-state index is -0.652. The van der Waals surface area contributed by atoms with Gasteiger partial charge in [-0.15, -0.1) is 0 Å². The summed E-state index contributed by atoms with van der Waals surface area (Å²) in [5.74, 6) is -1.86. The molecule has 0 spiro atoms. The Bertz CT molecular complexity index is 660. The molecule has 0 bridgehead atoms. The van der Waals surface area contributed by atoms with Crippen LogP contribution < -0.4 is 0 Å². The molecule has 0 aliphatic carbocycles. The standard InChI is InChI=1S/C14H12F2N2O2/c1-3-20-14(19)12-5-11(13(16)8(2)18-12)9-4-10(15)7-17-6-9/h4-7H,3H2,1-2H3. The Morgan fingerprint density at radius 3 is 2.70 bits per heavy atom. The molecule has 0 saturated heterocycles. The predicted octanol–water partition coefficient (Wildman–Crippen LogP) is 2.91. The summed E-state index contributed by atoms with van der Waals surface area (Å²) in [7, 11) is 0. The summed E-state index contributed by atoms with van der Waals surface area (Å²) in [6.45, 7) is 3.27. The number of hydrogen-bond donors (Lipinski definition) is 0. The molecule has 2 rings (SSSR count). The van der Waals surface area contributed by atoms with E-state index in [-0.39, 0.29) is 29.1 Å². The zero-order chi connectivity index (χ0) is 14.7. The van der Waals surface area contributed by atoms with Crippen molar-refractivity contribution in [1.82, 2.24) is 9.97 Å². The molecule has 104 valence electrons. The first kappa shape index (κ1) is 14.0. The number of carbonyl (C=O) groups is 1. The molecule has 20 heavy (non-hydrogen) atoms. The first-order valence-electron chi connectivity index (χ1n) is 5.98. The molecule has 2 aromatic heterocycles. The van der Waals surface area contributed by atoms with Gasteiger partial charge in [0.1, 0.15) is 11.5 Å². The third-order valence-corrected chi connectivity index (χ3v) is 2.62. The Morgan fingerprint density at radius 2 is 2.05 bits per heavy atom. The van der Waals surface area contributed by atoms with Crippen LogP contribution in [0.1, 0.15) is 23.1 Å². The van der Waals surface area contributed by atoms with Crippen molar-refractivity contribution in [1.29, 1.82) is 0 Å². The van der Waals surface area contributed by atoms with E-state index in [2.05, 4.69) is 9.97 Å². The van der Waals surface area contributed by atoms with Crippen LogP contribution in [-0.2, 0) is 4.74 Å². The van der Waals surface area contributed by atoms with Crippen LogP contribution in [0.15, 0.2) is 24.5 Å². The van der Waals surface area contributed by atoms with Crippen molar-refractivity contribution >= 4 is 5.97 Å². The average molecular weight is 278 g/mol. The smallest absolute Gasteiger partial charge is 0.356 e. The number of esters is 1. The summed E-state index contributed by atoms with van der Waals surface area (Å²) in [5.41, 5.74) is 0.311. The van der Waals surface area contributed by atoms with E-state index in [9.17, 15) is 13.6 Å². The second-order valence-corrected chi connectivity index (χ2v) is 4.07. The van der Waals surface area contributed by atoms with Crippen LogP contribution in [0, 0.1) is 18.6 Å². The zero-order valence-electron chi connectivity index (χ0n) is 11.0. The molecule has 2 heterocycles. The molecule has 0 aliphatic rings. The number of ether oxygens (including phenoxy) is 1. The van der Waals surface area contributed by atoms with E-state index in [1.54, 1.807) is 6.92 Å². The summed E-state index contributed by atoms with van der Waals surface area (Å²) in [6.07, 6.45) is 2.33. The van der Waals surface area contributed by atoms with Gasteiger partial charge in [0.2, 0.25) is 0 Å². The van der Waals surface area contributed by atoms with Crippen molar-refractivity contribution in [3.05, 3.63) is 47.5 Å². The molecule has 2 aromatic rings. The van der Waals surface area contributed by atoms with Crippen LogP contribution in [0.3, 0.4) is 0 Å². The number of aryl methyl sites for hydroxylation is 1. The van der Waals surface area contributed by atoms with Crippen molar-refractivity contribution in [3.8, 4) is 11.1 Å². The highest BCUT2D eigenvalue weighted by Gasteiger charge is 2.17. The van der Waals surface area contributed by atoms with Crippen molar-refractivity contribution in [2.75, 3.05) is 6.61 Å². The Morgan fingerprint density at radius 1 is 1.30 bits per heavy atom. The van der Waals surface area contributed by atoms with Gasteiger partial charge in [-0.3, -0.25) is 4.98 Å². The van der Waals surface area contributed by atoms with E-state index in [1.165, 1.54) is 19.2 Å². The molecule has 0 amide bonds. The lowest BCUT2D eigenvalue weighted by Crippen LogP contribution is -2.09. The van der Waals surface area contributed by atoms with Crippen LogP contribution in [0.25, 0.3) is 11.1 Å². The normalized spacial score (nSPS) is 10.4. The van der Waals surface area contributed by atoms with Gasteiger partial charge in [0, 0.05) is 17.3 Å². The third kappa shape index (κ3) is 2.79. The van der Waals surface area contributed by atoms with Gasteiger partial charge in [0.05, 0.1) is 18.5 Å². The molecule has 0 atom stereocenters. The highest BCUT2D eigenvalue weighted by Crippen LogP contribution is 2.25. The van der Waals surface area contributed by atoms with Crippen LogP contribution in [0.5, 0.6) is 0 Å². The number of rotatable bonds is 3. The molecular weight excluding hydrogens is 266 g/mol. The number of aromatic nitrogens is 2. The second-order valence-electron chi connectivity index (χ2n) is 4.07. The predicted molar refractivity (Wildman–Crippen MR) is 68.1 cm³/mol. The van der Waals surface area contributed by atoms with Crippen LogP contribution in [-0.4, -0.2) is 22.5 Å². The van der Waals surface area contributed by atoms with E-state index < -0.39 is 17.6 Å². The second kappa shape index (κ2) is 5.73. The van der Waals surface area contributed by atoms with Crippen molar-refractivity contribution in [2.24, 2.45) is 0 Å². The van der Waals surface area contributed by atoms with Gasteiger partial charge < -0.3 is 4.74 Å². The highest BCUT2D eigenvalue weighted by molar-refractivity contribution is 5.89. The van der Waals surface area contributed by atoms with Crippen molar-refractivity contribution in [3.63, 3.8) is 0 Å². The van der Waals surface area contributed by atoms with Crippen molar-refractivity contribution in [2.45, 2.75) is 13.8 Å². The van der Waals surface area contributed by atoms with E-state index in [0.29, 0.717) is 0 Å². The molecule has 0 radical (unpaired) electrons. The summed E-state index contributed by atoms with van der Waals surface area (Å²) in [4.78, 5) is 19.2. The molecule has 0 N–H and O–H groups in total. The Hall–Kier alpha value is -2.37. The van der Waals surface area contributed by atoms with Gasteiger partial charge >= 0.3 is 5.97 Å². The maximum atomic E-state index is 14.1. The number of hydrogen-bond acceptors (Lipinski definition) is 4. The number of halogens is 2. The van der Waals surface area contributed by atoms with Crippen molar-refractivity contribution < 1.29 is 18.3 Å². The summed E-state index contributed by atoms with van der Waals surface area (Å²) >= 11 is 0. The van der Waals surface area contributed by atoms with Gasteiger partial charge in [-0.05, 0) is 26.0 Å². The lowest BCUT2D eigenvalue weighted by atomic mass is 10.1. The fourth-order valence-electron chi connectivity index (χ4n) is 1.74. The zero-order valence-corrected chi connectivity index (χ0v) is 11.0. The molecule has 0 aromatic carbocycles. The van der Waals surface area contributed by atoms with Crippen LogP contribution in [0.4, 0.5) is 8.78 Å². The Balaban J connectivity index is 2.55. The molecule has 4 nitrogen and oxygen atoms in total. The first-order chi connectivity index (χ1) is 9.52. The van der Waals surface area contributed by atoms with Gasteiger partial charge in [-0.1, -0.05) is 0 Å². The summed E-state index contributed by atoms with van der Waals surface area (Å²) in [6, 6.07) is 2.37. The summed E-state index contributed by atoms with van der Waals surface area (Å²) < 4.78 is 32.1. The van der Waals surface area contributed by atoms with E-state index in [4.69, 9.17) is 4.74 Å². The minimum absolute atomic E-state index is 0.0231. The highest BCUT2D eigenvalue weighted by atomic mass is 19.1. The maximum absolute atomic E-state index is 14.1. The number of nitrogens with zero attached hydrogens (tertiary/aromatic N) is 2. The van der Waals surface area contributed by atoms with Crippen LogP contribution >= 0.6 is 0 Å².